The molecule has 1 aromatic heterocycles. The maximum atomic E-state index is 5.85. The van der Waals surface area contributed by atoms with Crippen molar-refractivity contribution in [2.24, 2.45) is 5.41 Å². The van der Waals surface area contributed by atoms with Crippen LogP contribution in [-0.4, -0.2) is 38.4 Å². The Hall–Kier alpha value is -1.49. The van der Waals surface area contributed by atoms with Crippen molar-refractivity contribution in [3.05, 3.63) is 12.3 Å². The highest BCUT2D eigenvalue weighted by Gasteiger charge is 2.50. The predicted octanol–water partition coefficient (Wildman–Crippen LogP) is 0.509. The largest absolute Gasteiger partial charge is 0.491 e. The summed E-state index contributed by atoms with van der Waals surface area (Å²) in [6.45, 7) is 3.71. The molecule has 3 rings (SSSR count). The van der Waals surface area contributed by atoms with E-state index in [1.165, 1.54) is 0 Å². The van der Waals surface area contributed by atoms with E-state index in [-0.39, 0.29) is 0 Å². The molecule has 0 unspecified atom stereocenters. The Kier molecular flexibility index (Phi) is 1.97. The molecular weight excluding hydrogens is 206 g/mol. The molecule has 2 aliphatic heterocycles. The molecule has 0 aromatic carbocycles. The van der Waals surface area contributed by atoms with Crippen molar-refractivity contribution in [3.63, 3.8) is 0 Å². The van der Waals surface area contributed by atoms with Gasteiger partial charge in [-0.05, 0) is 6.07 Å². The third-order valence-corrected chi connectivity index (χ3v) is 3.29. The fraction of sp³-hybridized carbons (Fsp3) is 0.545. The summed E-state index contributed by atoms with van der Waals surface area (Å²) >= 11 is 0. The molecule has 2 aliphatic rings. The standard InChI is InChI=1S/C11H15N3O2/c1-15-9-8(12)2-3-13-10(9)14-4-11(5-14)6-16-7-11/h2-3H,4-7H2,1H3,(H2,12,13). The van der Waals surface area contributed by atoms with E-state index in [2.05, 4.69) is 9.88 Å². The highest BCUT2D eigenvalue weighted by atomic mass is 16.5. The highest BCUT2D eigenvalue weighted by Crippen LogP contribution is 2.43. The number of hydrogen-bond acceptors (Lipinski definition) is 5. The number of anilines is 2. The van der Waals surface area contributed by atoms with E-state index in [4.69, 9.17) is 15.2 Å². The van der Waals surface area contributed by atoms with Crippen LogP contribution in [0.5, 0.6) is 5.75 Å². The number of methoxy groups -OCH3 is 1. The molecule has 2 fully saturated rings. The number of rotatable bonds is 2. The lowest BCUT2D eigenvalue weighted by molar-refractivity contribution is -0.127. The van der Waals surface area contributed by atoms with Crippen molar-refractivity contribution in [2.45, 2.75) is 0 Å². The van der Waals surface area contributed by atoms with Gasteiger partial charge in [0.1, 0.15) is 0 Å². The number of aromatic nitrogens is 1. The van der Waals surface area contributed by atoms with Crippen LogP contribution in [0.4, 0.5) is 11.5 Å². The minimum Gasteiger partial charge on any atom is -0.491 e. The lowest BCUT2D eigenvalue weighted by atomic mass is 9.78. The minimum atomic E-state index is 0.372. The van der Waals surface area contributed by atoms with Crippen LogP contribution in [0.3, 0.4) is 0 Å². The number of hydrogen-bond donors (Lipinski definition) is 1. The van der Waals surface area contributed by atoms with E-state index in [0.29, 0.717) is 16.9 Å². The fourth-order valence-electron chi connectivity index (χ4n) is 2.37. The molecule has 3 heterocycles. The van der Waals surface area contributed by atoms with Crippen molar-refractivity contribution >= 4 is 11.5 Å². The summed E-state index contributed by atoms with van der Waals surface area (Å²) in [5.41, 5.74) is 6.86. The molecule has 5 heteroatoms. The van der Waals surface area contributed by atoms with Gasteiger partial charge in [0.25, 0.3) is 0 Å². The molecule has 0 bridgehead atoms. The molecule has 1 aromatic rings. The van der Waals surface area contributed by atoms with Crippen LogP contribution in [0, 0.1) is 5.41 Å². The van der Waals surface area contributed by atoms with Crippen LogP contribution in [0.15, 0.2) is 12.3 Å². The Morgan fingerprint density at radius 3 is 2.81 bits per heavy atom. The summed E-state index contributed by atoms with van der Waals surface area (Å²) in [5, 5.41) is 0. The molecule has 2 saturated heterocycles. The molecule has 16 heavy (non-hydrogen) atoms. The maximum absolute atomic E-state index is 5.85. The third kappa shape index (κ3) is 1.24. The van der Waals surface area contributed by atoms with Gasteiger partial charge >= 0.3 is 0 Å². The van der Waals surface area contributed by atoms with Gasteiger partial charge in [0.05, 0.1) is 31.4 Å². The summed E-state index contributed by atoms with van der Waals surface area (Å²) < 4.78 is 10.5. The Morgan fingerprint density at radius 2 is 2.25 bits per heavy atom. The normalized spacial score (nSPS) is 21.4. The first-order chi connectivity index (χ1) is 7.74. The average Bonchev–Trinajstić information content (AvgIpc) is 2.13. The average molecular weight is 221 g/mol. The number of nitrogen functional groups attached to an aromatic ring is 1. The summed E-state index contributed by atoms with van der Waals surface area (Å²) in [4.78, 5) is 6.53. The molecule has 2 N–H and O–H groups in total. The van der Waals surface area contributed by atoms with Gasteiger partial charge in [0.15, 0.2) is 11.6 Å². The number of nitrogens with two attached hydrogens (primary N) is 1. The predicted molar refractivity (Wildman–Crippen MR) is 60.7 cm³/mol. The van der Waals surface area contributed by atoms with Crippen molar-refractivity contribution in [1.29, 1.82) is 0 Å². The van der Waals surface area contributed by atoms with Gasteiger partial charge in [-0.1, -0.05) is 0 Å². The first-order valence-electron chi connectivity index (χ1n) is 5.35. The summed E-state index contributed by atoms with van der Waals surface area (Å²) in [6.07, 6.45) is 1.72. The van der Waals surface area contributed by atoms with E-state index >= 15 is 0 Å². The van der Waals surface area contributed by atoms with Gasteiger partial charge in [-0.15, -0.1) is 0 Å². The van der Waals surface area contributed by atoms with Crippen molar-refractivity contribution < 1.29 is 9.47 Å². The zero-order valence-electron chi connectivity index (χ0n) is 9.27. The number of ether oxygens (including phenoxy) is 2. The van der Waals surface area contributed by atoms with Crippen LogP contribution in [0.1, 0.15) is 0 Å². The molecule has 0 amide bonds. The molecule has 0 saturated carbocycles. The van der Waals surface area contributed by atoms with E-state index in [1.807, 2.05) is 0 Å². The highest BCUT2D eigenvalue weighted by molar-refractivity contribution is 5.67. The molecule has 1 spiro atoms. The van der Waals surface area contributed by atoms with Gasteiger partial charge < -0.3 is 20.1 Å². The van der Waals surface area contributed by atoms with E-state index in [0.717, 1.165) is 32.1 Å². The Morgan fingerprint density at radius 1 is 1.50 bits per heavy atom. The van der Waals surface area contributed by atoms with E-state index in [9.17, 15) is 0 Å². The summed E-state index contributed by atoms with van der Waals surface area (Å²) in [5.74, 6) is 1.53. The molecule has 0 aliphatic carbocycles. The van der Waals surface area contributed by atoms with Crippen molar-refractivity contribution in [3.8, 4) is 5.75 Å². The lowest BCUT2D eigenvalue weighted by Crippen LogP contribution is -2.66. The zero-order valence-corrected chi connectivity index (χ0v) is 9.27. The minimum absolute atomic E-state index is 0.372. The van der Waals surface area contributed by atoms with Gasteiger partial charge in [-0.2, -0.15) is 0 Å². The second-order valence-corrected chi connectivity index (χ2v) is 4.61. The quantitative estimate of drug-likeness (QED) is 0.788. The van der Waals surface area contributed by atoms with Gasteiger partial charge in [-0.3, -0.25) is 0 Å². The number of pyridine rings is 1. The third-order valence-electron chi connectivity index (χ3n) is 3.29. The first kappa shape index (κ1) is 9.72. The summed E-state index contributed by atoms with van der Waals surface area (Å²) in [6, 6.07) is 1.75. The van der Waals surface area contributed by atoms with Crippen LogP contribution < -0.4 is 15.4 Å². The van der Waals surface area contributed by atoms with Crippen molar-refractivity contribution in [1.82, 2.24) is 4.98 Å². The first-order valence-corrected chi connectivity index (χ1v) is 5.35. The molecular formula is C11H15N3O2. The monoisotopic (exact) mass is 221 g/mol. The van der Waals surface area contributed by atoms with Crippen LogP contribution in [-0.2, 0) is 4.74 Å². The van der Waals surface area contributed by atoms with Gasteiger partial charge in [0.2, 0.25) is 0 Å². The number of nitrogens with zero attached hydrogens (tertiary/aromatic N) is 2. The SMILES string of the molecule is COc1c(N)ccnc1N1CC2(COC2)C1. The van der Waals surface area contributed by atoms with Gasteiger partial charge in [-0.25, -0.2) is 4.98 Å². The maximum Gasteiger partial charge on any atom is 0.184 e. The van der Waals surface area contributed by atoms with Crippen molar-refractivity contribution in [2.75, 3.05) is 44.0 Å². The Bertz CT molecular complexity index is 410. The topological polar surface area (TPSA) is 60.6 Å². The van der Waals surface area contributed by atoms with E-state index < -0.39 is 0 Å². The van der Waals surface area contributed by atoms with Crippen LogP contribution >= 0.6 is 0 Å². The van der Waals surface area contributed by atoms with Gasteiger partial charge in [0, 0.05) is 19.3 Å². The fourth-order valence-corrected chi connectivity index (χ4v) is 2.37. The molecule has 5 nitrogen and oxygen atoms in total. The molecule has 0 radical (unpaired) electrons. The van der Waals surface area contributed by atoms with Crippen LogP contribution in [0.2, 0.25) is 0 Å². The lowest BCUT2D eigenvalue weighted by Gasteiger charge is -2.55. The zero-order chi connectivity index (χ0) is 11.2. The molecule has 0 atom stereocenters. The molecule has 86 valence electrons. The second-order valence-electron chi connectivity index (χ2n) is 4.61. The smallest absolute Gasteiger partial charge is 0.184 e. The van der Waals surface area contributed by atoms with Crippen LogP contribution in [0.25, 0.3) is 0 Å². The Labute approximate surface area is 94.2 Å². The Balaban J connectivity index is 1.82. The van der Waals surface area contributed by atoms with E-state index in [1.54, 1.807) is 19.4 Å². The second kappa shape index (κ2) is 3.25. The summed E-state index contributed by atoms with van der Waals surface area (Å²) in [7, 11) is 1.62.